The molecule has 6 heteroatoms. The van der Waals surface area contributed by atoms with E-state index in [1.165, 1.54) is 44.9 Å². The maximum absolute atomic E-state index is 12.6. The van der Waals surface area contributed by atoms with Crippen LogP contribution in [0.4, 0.5) is 0 Å². The molecule has 0 aromatic heterocycles. The van der Waals surface area contributed by atoms with Gasteiger partial charge in [-0.1, -0.05) is 43.7 Å². The molecule has 4 rings (SSSR count). The Bertz CT molecular complexity index is 615. The lowest BCUT2D eigenvalue weighted by molar-refractivity contribution is -0.120. The van der Waals surface area contributed by atoms with Gasteiger partial charge in [-0.2, -0.15) is 0 Å². The molecule has 0 radical (unpaired) electrons. The number of nitrogens with zero attached hydrogens (tertiary/aromatic N) is 3. The van der Waals surface area contributed by atoms with Gasteiger partial charge in [0.15, 0.2) is 0 Å². The van der Waals surface area contributed by atoms with Crippen molar-refractivity contribution in [1.82, 2.24) is 10.2 Å². The van der Waals surface area contributed by atoms with Crippen LogP contribution in [0.15, 0.2) is 21.2 Å². The zero-order chi connectivity index (χ0) is 17.2. The number of amides is 1. The Labute approximate surface area is 154 Å². The Balaban J connectivity index is 1.47. The first-order valence-corrected chi connectivity index (χ1v) is 10.2. The van der Waals surface area contributed by atoms with Crippen molar-refractivity contribution in [3.8, 4) is 0 Å². The first kappa shape index (κ1) is 17.1. The van der Waals surface area contributed by atoms with Crippen molar-refractivity contribution in [2.45, 2.75) is 82.7 Å². The summed E-state index contributed by atoms with van der Waals surface area (Å²) in [6.07, 6.45) is 14.2. The molecule has 2 saturated carbocycles. The van der Waals surface area contributed by atoms with Crippen LogP contribution >= 0.6 is 11.6 Å². The first-order valence-electron chi connectivity index (χ1n) is 9.82. The van der Waals surface area contributed by atoms with Crippen LogP contribution in [0.1, 0.15) is 70.6 Å². The monoisotopic (exact) mass is 362 g/mol. The zero-order valence-corrected chi connectivity index (χ0v) is 15.5. The Hall–Kier alpha value is -1.36. The lowest BCUT2D eigenvalue weighted by atomic mass is 9.87. The van der Waals surface area contributed by atoms with Gasteiger partial charge in [0.2, 0.25) is 11.9 Å². The van der Waals surface area contributed by atoms with Gasteiger partial charge in [-0.25, -0.2) is 9.98 Å². The van der Waals surface area contributed by atoms with Crippen molar-refractivity contribution in [1.29, 1.82) is 0 Å². The average molecular weight is 363 g/mol. The fraction of sp³-hybridized carbons (Fsp3) is 0.737. The molecule has 5 nitrogen and oxygen atoms in total. The fourth-order valence-corrected chi connectivity index (χ4v) is 4.81. The molecular weight excluding hydrogens is 336 g/mol. The number of hydrogen-bond acceptors (Lipinski definition) is 4. The van der Waals surface area contributed by atoms with Crippen molar-refractivity contribution in [2.75, 3.05) is 0 Å². The number of aliphatic imine (C=N–C) groups is 2. The Kier molecular flexibility index (Phi) is 5.11. The van der Waals surface area contributed by atoms with E-state index in [1.807, 2.05) is 6.08 Å². The molecule has 2 heterocycles. The minimum atomic E-state index is 0.00748. The second-order valence-corrected chi connectivity index (χ2v) is 8.15. The number of amidine groups is 1. The highest BCUT2D eigenvalue weighted by Gasteiger charge is 2.39. The summed E-state index contributed by atoms with van der Waals surface area (Å²) in [7, 11) is 0. The van der Waals surface area contributed by atoms with Gasteiger partial charge in [0.1, 0.15) is 17.0 Å². The smallest absolute Gasteiger partial charge is 0.226 e. The van der Waals surface area contributed by atoms with E-state index in [2.05, 4.69) is 15.2 Å². The maximum atomic E-state index is 12.6. The number of fused-ring (bicyclic) bond motifs is 1. The maximum Gasteiger partial charge on any atom is 0.226 e. The minimum Gasteiger partial charge on any atom is -0.296 e. The summed E-state index contributed by atoms with van der Waals surface area (Å²) in [5, 5.41) is 3.66. The summed E-state index contributed by atoms with van der Waals surface area (Å²) in [5.74, 6) is 2.27. The van der Waals surface area contributed by atoms with Gasteiger partial charge < -0.3 is 0 Å². The van der Waals surface area contributed by atoms with E-state index in [0.29, 0.717) is 29.5 Å². The van der Waals surface area contributed by atoms with Crippen LogP contribution in [0.2, 0.25) is 0 Å². The topological polar surface area (TPSA) is 57.1 Å². The third-order valence-electron chi connectivity index (χ3n) is 5.92. The molecule has 2 aliphatic heterocycles. The second kappa shape index (κ2) is 7.48. The van der Waals surface area contributed by atoms with E-state index in [1.54, 1.807) is 0 Å². The van der Waals surface area contributed by atoms with Gasteiger partial charge in [0.25, 0.3) is 0 Å². The van der Waals surface area contributed by atoms with E-state index in [-0.39, 0.29) is 11.9 Å². The molecule has 1 N–H and O–H groups in total. The van der Waals surface area contributed by atoms with Crippen LogP contribution in [0.3, 0.4) is 0 Å². The van der Waals surface area contributed by atoms with Crippen LogP contribution in [0.5, 0.6) is 0 Å². The minimum absolute atomic E-state index is 0.00748. The Morgan fingerprint density at radius 1 is 1.16 bits per heavy atom. The van der Waals surface area contributed by atoms with Crippen LogP contribution in [0, 0.1) is 5.92 Å². The largest absolute Gasteiger partial charge is 0.296 e. The highest BCUT2D eigenvalue weighted by molar-refractivity contribution is 6.30. The molecule has 25 heavy (non-hydrogen) atoms. The van der Waals surface area contributed by atoms with Gasteiger partial charge in [-0.3, -0.25) is 15.0 Å². The SMILES string of the molecule is O=C(CC1CCCCC1)NC1=NC2CC=C(Cl)N=C2N1C1CCCC1. The molecular formula is C19H27ClN4O. The molecule has 2 fully saturated rings. The number of guanidine groups is 1. The highest BCUT2D eigenvalue weighted by Crippen LogP contribution is 2.31. The number of hydrogen-bond donors (Lipinski definition) is 1. The molecule has 4 aliphatic rings. The molecule has 0 bridgehead atoms. The molecule has 0 aromatic rings. The van der Waals surface area contributed by atoms with Crippen molar-refractivity contribution < 1.29 is 4.79 Å². The second-order valence-electron chi connectivity index (χ2n) is 7.77. The van der Waals surface area contributed by atoms with Gasteiger partial charge in [0.05, 0.1) is 0 Å². The van der Waals surface area contributed by atoms with Crippen molar-refractivity contribution in [3.05, 3.63) is 11.2 Å². The summed E-state index contributed by atoms with van der Waals surface area (Å²) in [6, 6.07) is 0.396. The normalized spacial score (nSPS) is 27.6. The summed E-state index contributed by atoms with van der Waals surface area (Å²) in [6.45, 7) is 0. The summed E-state index contributed by atoms with van der Waals surface area (Å²) in [5.41, 5.74) is 0. The number of carbonyl (C=O) groups excluding carboxylic acids is 1. The summed E-state index contributed by atoms with van der Waals surface area (Å²) >= 11 is 6.15. The van der Waals surface area contributed by atoms with Crippen LogP contribution in [-0.2, 0) is 4.79 Å². The summed E-state index contributed by atoms with van der Waals surface area (Å²) in [4.78, 5) is 24.1. The van der Waals surface area contributed by atoms with Gasteiger partial charge in [-0.05, 0) is 44.1 Å². The van der Waals surface area contributed by atoms with Crippen LogP contribution in [0.25, 0.3) is 0 Å². The lowest BCUT2D eigenvalue weighted by Crippen LogP contribution is -2.49. The first-order chi connectivity index (χ1) is 12.2. The molecule has 0 aromatic carbocycles. The van der Waals surface area contributed by atoms with Gasteiger partial charge >= 0.3 is 0 Å². The molecule has 136 valence electrons. The fourth-order valence-electron chi connectivity index (χ4n) is 4.63. The van der Waals surface area contributed by atoms with Crippen LogP contribution < -0.4 is 5.32 Å². The number of carbonyl (C=O) groups is 1. The van der Waals surface area contributed by atoms with E-state index in [4.69, 9.17) is 16.6 Å². The molecule has 2 aliphatic carbocycles. The number of nitrogens with one attached hydrogen (secondary N) is 1. The third-order valence-corrected chi connectivity index (χ3v) is 6.16. The standard InChI is InChI=1S/C19H27ClN4O/c20-16-11-10-15-18(22-16)24(14-8-4-5-9-14)19(21-15)23-17(25)12-13-6-2-1-3-7-13/h11,13-15H,1-10,12H2,(H,21,23,25). The zero-order valence-electron chi connectivity index (χ0n) is 14.7. The van der Waals surface area contributed by atoms with Crippen molar-refractivity contribution in [2.24, 2.45) is 15.9 Å². The number of halogens is 1. The van der Waals surface area contributed by atoms with Gasteiger partial charge in [-0.15, -0.1) is 0 Å². The van der Waals surface area contributed by atoms with E-state index in [9.17, 15) is 4.79 Å². The highest BCUT2D eigenvalue weighted by atomic mass is 35.5. The average Bonchev–Trinajstić information content (AvgIpc) is 3.22. The van der Waals surface area contributed by atoms with Crippen molar-refractivity contribution in [3.63, 3.8) is 0 Å². The quantitative estimate of drug-likeness (QED) is 0.773. The van der Waals surface area contributed by atoms with Crippen LogP contribution in [-0.4, -0.2) is 34.7 Å². The van der Waals surface area contributed by atoms with E-state index >= 15 is 0 Å². The number of rotatable bonds is 3. The lowest BCUT2D eigenvalue weighted by Gasteiger charge is -2.29. The Morgan fingerprint density at radius 2 is 1.88 bits per heavy atom. The molecule has 1 unspecified atom stereocenters. The Morgan fingerprint density at radius 3 is 2.64 bits per heavy atom. The molecule has 1 atom stereocenters. The third kappa shape index (κ3) is 3.76. The molecule has 1 amide bonds. The van der Waals surface area contributed by atoms with E-state index in [0.717, 1.165) is 25.1 Å². The molecule has 0 spiro atoms. The predicted molar refractivity (Wildman–Crippen MR) is 101 cm³/mol. The molecule has 0 saturated heterocycles. The van der Waals surface area contributed by atoms with Crippen molar-refractivity contribution >= 4 is 29.3 Å². The van der Waals surface area contributed by atoms with Gasteiger partial charge in [0, 0.05) is 12.5 Å². The summed E-state index contributed by atoms with van der Waals surface area (Å²) < 4.78 is 0. The predicted octanol–water partition coefficient (Wildman–Crippen LogP) is 3.94. The van der Waals surface area contributed by atoms with E-state index < -0.39 is 0 Å².